The largest absolute Gasteiger partial charge is 0.378 e. The van der Waals surface area contributed by atoms with Crippen LogP contribution in [0.15, 0.2) is 0 Å². The van der Waals surface area contributed by atoms with E-state index in [1.54, 1.807) is 0 Å². The Morgan fingerprint density at radius 1 is 1.21 bits per heavy atom. The van der Waals surface area contributed by atoms with Crippen LogP contribution in [0.5, 0.6) is 0 Å². The second kappa shape index (κ2) is 6.58. The van der Waals surface area contributed by atoms with Gasteiger partial charge < -0.3 is 10.1 Å². The Hall–Kier alpha value is -0.0800. The molecule has 5 atom stereocenters. The second-order valence-electron chi connectivity index (χ2n) is 7.11. The number of rotatable bonds is 7. The van der Waals surface area contributed by atoms with Crippen molar-refractivity contribution >= 4 is 0 Å². The molecule has 0 radical (unpaired) electrons. The van der Waals surface area contributed by atoms with Crippen molar-refractivity contribution < 1.29 is 4.74 Å². The van der Waals surface area contributed by atoms with E-state index in [4.69, 9.17) is 4.74 Å². The van der Waals surface area contributed by atoms with E-state index in [-0.39, 0.29) is 0 Å². The first kappa shape index (κ1) is 13.9. The van der Waals surface area contributed by atoms with Crippen molar-refractivity contribution in [2.45, 2.75) is 76.9 Å². The number of nitrogens with one attached hydrogen (secondary N) is 1. The fourth-order valence-corrected chi connectivity index (χ4v) is 4.82. The first-order chi connectivity index (χ1) is 9.36. The van der Waals surface area contributed by atoms with Crippen molar-refractivity contribution in [2.75, 3.05) is 13.2 Å². The van der Waals surface area contributed by atoms with Crippen molar-refractivity contribution in [1.82, 2.24) is 5.32 Å². The molecule has 1 saturated heterocycles. The average Bonchev–Trinajstić information content (AvgIpc) is 3.16. The first-order valence-corrected chi connectivity index (χ1v) is 8.71. The van der Waals surface area contributed by atoms with Crippen molar-refractivity contribution in [3.05, 3.63) is 0 Å². The third-order valence-electron chi connectivity index (χ3n) is 5.79. The summed E-state index contributed by atoms with van der Waals surface area (Å²) >= 11 is 0. The van der Waals surface area contributed by atoms with Crippen molar-refractivity contribution in [3.63, 3.8) is 0 Å². The van der Waals surface area contributed by atoms with E-state index in [2.05, 4.69) is 12.2 Å². The lowest BCUT2D eigenvalue weighted by atomic mass is 9.81. The molecule has 2 bridgehead atoms. The van der Waals surface area contributed by atoms with E-state index >= 15 is 0 Å². The third-order valence-corrected chi connectivity index (χ3v) is 5.79. The number of fused-ring (bicyclic) bond motifs is 2. The lowest BCUT2D eigenvalue weighted by Gasteiger charge is -2.32. The zero-order valence-corrected chi connectivity index (χ0v) is 12.6. The maximum absolute atomic E-state index is 5.80. The van der Waals surface area contributed by atoms with Crippen LogP contribution in [0.4, 0.5) is 0 Å². The SMILES string of the molecule is CCCNC(CCC1CCCO1)C1CC2CCC1C2. The monoisotopic (exact) mass is 265 g/mol. The molecule has 1 N–H and O–H groups in total. The summed E-state index contributed by atoms with van der Waals surface area (Å²) in [5.74, 6) is 3.10. The second-order valence-corrected chi connectivity index (χ2v) is 7.11. The third kappa shape index (κ3) is 3.33. The molecule has 0 aromatic rings. The van der Waals surface area contributed by atoms with E-state index in [1.165, 1.54) is 64.3 Å². The summed E-state index contributed by atoms with van der Waals surface area (Å²) in [6.07, 6.45) is 13.1. The molecule has 3 fully saturated rings. The number of ether oxygens (including phenoxy) is 1. The van der Waals surface area contributed by atoms with Crippen LogP contribution in [0.2, 0.25) is 0 Å². The maximum atomic E-state index is 5.80. The minimum absolute atomic E-state index is 0.574. The molecule has 0 aromatic carbocycles. The molecule has 0 amide bonds. The summed E-state index contributed by atoms with van der Waals surface area (Å²) < 4.78 is 5.80. The lowest BCUT2D eigenvalue weighted by molar-refractivity contribution is 0.0946. The zero-order chi connectivity index (χ0) is 13.1. The van der Waals surface area contributed by atoms with Crippen LogP contribution in [0.25, 0.3) is 0 Å². The maximum Gasteiger partial charge on any atom is 0.0576 e. The summed E-state index contributed by atoms with van der Waals surface area (Å²) in [7, 11) is 0. The van der Waals surface area contributed by atoms with E-state index in [0.717, 1.165) is 30.4 Å². The minimum Gasteiger partial charge on any atom is -0.378 e. The molecule has 0 aromatic heterocycles. The van der Waals surface area contributed by atoms with E-state index in [1.807, 2.05) is 0 Å². The molecule has 1 heterocycles. The molecule has 1 aliphatic heterocycles. The van der Waals surface area contributed by atoms with Crippen molar-refractivity contribution in [1.29, 1.82) is 0 Å². The highest BCUT2D eigenvalue weighted by Gasteiger charge is 2.42. The molecule has 110 valence electrons. The molecular formula is C17H31NO. The van der Waals surface area contributed by atoms with Gasteiger partial charge >= 0.3 is 0 Å². The van der Waals surface area contributed by atoms with Gasteiger partial charge in [-0.05, 0) is 75.7 Å². The Morgan fingerprint density at radius 3 is 2.79 bits per heavy atom. The van der Waals surface area contributed by atoms with Gasteiger partial charge in [-0.2, -0.15) is 0 Å². The van der Waals surface area contributed by atoms with E-state index in [0.29, 0.717) is 6.10 Å². The fraction of sp³-hybridized carbons (Fsp3) is 1.00. The molecule has 5 unspecified atom stereocenters. The Bertz CT molecular complexity index is 274. The highest BCUT2D eigenvalue weighted by Crippen LogP contribution is 2.50. The van der Waals surface area contributed by atoms with Crippen LogP contribution in [0.1, 0.15) is 64.7 Å². The summed E-state index contributed by atoms with van der Waals surface area (Å²) in [6, 6.07) is 0.777. The summed E-state index contributed by atoms with van der Waals surface area (Å²) in [4.78, 5) is 0. The van der Waals surface area contributed by atoms with Gasteiger partial charge in [0.05, 0.1) is 6.10 Å². The van der Waals surface area contributed by atoms with Crippen LogP contribution in [-0.4, -0.2) is 25.3 Å². The summed E-state index contributed by atoms with van der Waals surface area (Å²) in [5, 5.41) is 3.86. The smallest absolute Gasteiger partial charge is 0.0576 e. The first-order valence-electron chi connectivity index (χ1n) is 8.71. The summed E-state index contributed by atoms with van der Waals surface area (Å²) in [5.41, 5.74) is 0. The molecule has 2 saturated carbocycles. The molecular weight excluding hydrogens is 234 g/mol. The molecule has 2 heteroatoms. The van der Waals surface area contributed by atoms with Gasteiger partial charge in [0.25, 0.3) is 0 Å². The Kier molecular flexibility index (Phi) is 4.81. The molecule has 0 spiro atoms. The van der Waals surface area contributed by atoms with Gasteiger partial charge in [0.15, 0.2) is 0 Å². The Balaban J connectivity index is 1.51. The standard InChI is InChI=1S/C17H31NO/c1-2-9-18-17(8-7-15-4-3-10-19-15)16-12-13-5-6-14(16)11-13/h13-18H,2-12H2,1H3. The predicted molar refractivity (Wildman–Crippen MR) is 79.2 cm³/mol. The lowest BCUT2D eigenvalue weighted by Crippen LogP contribution is -2.39. The van der Waals surface area contributed by atoms with Crippen LogP contribution in [0, 0.1) is 17.8 Å². The number of hydrogen-bond acceptors (Lipinski definition) is 2. The quantitative estimate of drug-likeness (QED) is 0.757. The van der Waals surface area contributed by atoms with Crippen LogP contribution < -0.4 is 5.32 Å². The van der Waals surface area contributed by atoms with Gasteiger partial charge in [-0.3, -0.25) is 0 Å². The van der Waals surface area contributed by atoms with E-state index < -0.39 is 0 Å². The van der Waals surface area contributed by atoms with Gasteiger partial charge in [-0.1, -0.05) is 13.3 Å². The van der Waals surface area contributed by atoms with Crippen LogP contribution >= 0.6 is 0 Å². The molecule has 19 heavy (non-hydrogen) atoms. The van der Waals surface area contributed by atoms with Crippen molar-refractivity contribution in [2.24, 2.45) is 17.8 Å². The minimum atomic E-state index is 0.574. The highest BCUT2D eigenvalue weighted by atomic mass is 16.5. The van der Waals surface area contributed by atoms with Crippen LogP contribution in [-0.2, 0) is 4.74 Å². The average molecular weight is 265 g/mol. The normalized spacial score (nSPS) is 39.0. The van der Waals surface area contributed by atoms with E-state index in [9.17, 15) is 0 Å². The summed E-state index contributed by atoms with van der Waals surface area (Å²) in [6.45, 7) is 4.49. The number of hydrogen-bond donors (Lipinski definition) is 1. The molecule has 3 aliphatic rings. The predicted octanol–water partition coefficient (Wildman–Crippen LogP) is 3.75. The van der Waals surface area contributed by atoms with Gasteiger partial charge in [0.1, 0.15) is 0 Å². The van der Waals surface area contributed by atoms with Gasteiger partial charge in [-0.15, -0.1) is 0 Å². The van der Waals surface area contributed by atoms with Crippen LogP contribution in [0.3, 0.4) is 0 Å². The van der Waals surface area contributed by atoms with Crippen molar-refractivity contribution in [3.8, 4) is 0 Å². The van der Waals surface area contributed by atoms with Gasteiger partial charge in [0, 0.05) is 12.6 Å². The fourth-order valence-electron chi connectivity index (χ4n) is 4.82. The Morgan fingerprint density at radius 2 is 2.16 bits per heavy atom. The van der Waals surface area contributed by atoms with Gasteiger partial charge in [0.2, 0.25) is 0 Å². The molecule has 2 nitrogen and oxygen atoms in total. The molecule has 3 rings (SSSR count). The van der Waals surface area contributed by atoms with Gasteiger partial charge in [-0.25, -0.2) is 0 Å². The molecule has 2 aliphatic carbocycles. The topological polar surface area (TPSA) is 21.3 Å². The Labute approximate surface area is 118 Å². The highest BCUT2D eigenvalue weighted by molar-refractivity contribution is 4.95. The zero-order valence-electron chi connectivity index (χ0n) is 12.6.